The van der Waals surface area contributed by atoms with Gasteiger partial charge in [0, 0.05) is 5.41 Å². The van der Waals surface area contributed by atoms with Crippen LogP contribution in [0.2, 0.25) is 0 Å². The van der Waals surface area contributed by atoms with Crippen molar-refractivity contribution in [2.24, 2.45) is 0 Å². The van der Waals surface area contributed by atoms with Crippen LogP contribution in [-0.4, -0.2) is 0 Å². The first-order chi connectivity index (χ1) is 10.2. The molecule has 0 saturated carbocycles. The average Bonchev–Trinajstić information content (AvgIpc) is 2.65. The van der Waals surface area contributed by atoms with Crippen molar-refractivity contribution in [2.45, 2.75) is 32.1 Å². The first kappa shape index (κ1) is 12.6. The monoisotopic (exact) mass is 272 g/mol. The average molecular weight is 272 g/mol. The summed E-state index contributed by atoms with van der Waals surface area (Å²) in [6.07, 6.45) is 11.5. The lowest BCUT2D eigenvalue weighted by atomic mass is 9.75. The van der Waals surface area contributed by atoms with E-state index in [1.807, 2.05) is 0 Å². The first-order valence-electron chi connectivity index (χ1n) is 7.76. The minimum Gasteiger partial charge on any atom is -0.0867 e. The number of rotatable bonds is 0. The fourth-order valence-electron chi connectivity index (χ4n) is 3.85. The van der Waals surface area contributed by atoms with Crippen molar-refractivity contribution in [1.82, 2.24) is 0 Å². The highest BCUT2D eigenvalue weighted by molar-refractivity contribution is 5.83. The van der Waals surface area contributed by atoms with Gasteiger partial charge in [-0.15, -0.1) is 0 Å². The van der Waals surface area contributed by atoms with Crippen molar-refractivity contribution in [3.05, 3.63) is 83.0 Å². The molecule has 0 radical (unpaired) electrons. The summed E-state index contributed by atoms with van der Waals surface area (Å²) in [7, 11) is 0. The number of hydrogen-bond acceptors (Lipinski definition) is 0. The van der Waals surface area contributed by atoms with Gasteiger partial charge >= 0.3 is 0 Å². The van der Waals surface area contributed by atoms with Gasteiger partial charge in [0.15, 0.2) is 0 Å². The van der Waals surface area contributed by atoms with Gasteiger partial charge < -0.3 is 0 Å². The molecule has 104 valence electrons. The van der Waals surface area contributed by atoms with E-state index in [9.17, 15) is 0 Å². The van der Waals surface area contributed by atoms with Crippen LogP contribution in [0.15, 0.2) is 60.7 Å². The van der Waals surface area contributed by atoms with Crippen LogP contribution in [0.4, 0.5) is 0 Å². The Labute approximate surface area is 126 Å². The lowest BCUT2D eigenvalue weighted by Crippen LogP contribution is -2.21. The highest BCUT2D eigenvalue weighted by atomic mass is 14.4. The highest BCUT2D eigenvalue weighted by Gasteiger charge is 2.40. The summed E-state index contributed by atoms with van der Waals surface area (Å²) in [4.78, 5) is 0. The highest BCUT2D eigenvalue weighted by Crippen LogP contribution is 2.52. The summed E-state index contributed by atoms with van der Waals surface area (Å²) in [6, 6.07) is 13.8. The van der Waals surface area contributed by atoms with E-state index in [-0.39, 0.29) is 5.41 Å². The molecule has 0 aromatic heterocycles. The second-order valence-corrected chi connectivity index (χ2v) is 6.38. The summed E-state index contributed by atoms with van der Waals surface area (Å²) >= 11 is 0. The topological polar surface area (TPSA) is 0 Å². The van der Waals surface area contributed by atoms with E-state index >= 15 is 0 Å². The van der Waals surface area contributed by atoms with Gasteiger partial charge in [-0.25, -0.2) is 0 Å². The Kier molecular flexibility index (Phi) is 2.68. The van der Waals surface area contributed by atoms with Crippen LogP contribution >= 0.6 is 0 Å². The fraction of sp³-hybridized carbons (Fsp3) is 0.238. The molecule has 0 nitrogen and oxygen atoms in total. The van der Waals surface area contributed by atoms with E-state index in [2.05, 4.69) is 74.5 Å². The molecule has 0 unspecified atom stereocenters. The molecule has 2 aromatic carbocycles. The van der Waals surface area contributed by atoms with E-state index in [1.54, 1.807) is 0 Å². The quantitative estimate of drug-likeness (QED) is 0.557. The summed E-state index contributed by atoms with van der Waals surface area (Å²) in [6.45, 7) is 4.39. The Morgan fingerprint density at radius 2 is 1.38 bits per heavy atom. The Morgan fingerprint density at radius 1 is 0.762 bits per heavy atom. The molecule has 0 amide bonds. The molecule has 0 fully saturated rings. The predicted molar refractivity (Wildman–Crippen MR) is 89.6 cm³/mol. The Morgan fingerprint density at radius 3 is 2.00 bits per heavy atom. The van der Waals surface area contributed by atoms with Crippen LogP contribution in [0.25, 0.3) is 11.1 Å². The van der Waals surface area contributed by atoms with E-state index in [0.717, 1.165) is 12.8 Å². The molecule has 2 aromatic rings. The number of fused-ring (bicyclic) bond motifs is 5. The van der Waals surface area contributed by atoms with Crippen molar-refractivity contribution in [1.29, 1.82) is 0 Å². The first-order valence-corrected chi connectivity index (χ1v) is 7.76. The third kappa shape index (κ3) is 1.75. The molecule has 0 saturated heterocycles. The zero-order valence-corrected chi connectivity index (χ0v) is 12.7. The number of aryl methyl sites for hydroxylation is 2. The number of benzene rings is 2. The summed E-state index contributed by atoms with van der Waals surface area (Å²) in [5, 5.41) is 0. The predicted octanol–water partition coefficient (Wildman–Crippen LogP) is 5.48. The van der Waals surface area contributed by atoms with E-state index in [1.165, 1.54) is 33.4 Å². The molecular weight excluding hydrogens is 252 g/mol. The van der Waals surface area contributed by atoms with Gasteiger partial charge in [0.2, 0.25) is 0 Å². The second-order valence-electron chi connectivity index (χ2n) is 6.38. The van der Waals surface area contributed by atoms with Crippen molar-refractivity contribution >= 4 is 0 Å². The standard InChI is InChI=1S/C21H20/c1-15-7-9-17-18-10-8-16(2)14-20(18)21(19(17)13-15)11-5-3-4-6-12-21/h3,5-10,12-14H,4,11H2,1-2H3. The molecule has 0 bridgehead atoms. The lowest BCUT2D eigenvalue weighted by Gasteiger charge is -2.27. The van der Waals surface area contributed by atoms with Crippen LogP contribution in [-0.2, 0) is 5.41 Å². The Bertz CT molecular complexity index is 723. The van der Waals surface area contributed by atoms with Gasteiger partial charge in [-0.1, -0.05) is 71.8 Å². The Hall–Kier alpha value is -2.08. The molecular formula is C21H20. The van der Waals surface area contributed by atoms with Gasteiger partial charge in [-0.3, -0.25) is 0 Å². The van der Waals surface area contributed by atoms with E-state index < -0.39 is 0 Å². The van der Waals surface area contributed by atoms with Gasteiger partial charge in [0.05, 0.1) is 0 Å². The molecule has 2 aliphatic rings. The molecule has 0 aliphatic heterocycles. The van der Waals surface area contributed by atoms with E-state index in [4.69, 9.17) is 0 Å². The number of allylic oxidation sites excluding steroid dienone is 4. The molecule has 0 heterocycles. The lowest BCUT2D eigenvalue weighted by molar-refractivity contribution is 0.673. The van der Waals surface area contributed by atoms with Crippen LogP contribution < -0.4 is 0 Å². The maximum atomic E-state index is 2.44. The summed E-state index contributed by atoms with van der Waals surface area (Å²) in [5.74, 6) is 0. The minimum atomic E-state index is 0.0374. The zero-order chi connectivity index (χ0) is 14.4. The molecule has 0 N–H and O–H groups in total. The molecule has 0 heteroatoms. The van der Waals surface area contributed by atoms with Crippen LogP contribution in [0.5, 0.6) is 0 Å². The second kappa shape index (κ2) is 4.46. The van der Waals surface area contributed by atoms with Gasteiger partial charge in [0.25, 0.3) is 0 Å². The van der Waals surface area contributed by atoms with Crippen molar-refractivity contribution in [2.75, 3.05) is 0 Å². The van der Waals surface area contributed by atoms with Crippen molar-refractivity contribution in [3.63, 3.8) is 0 Å². The smallest absolute Gasteiger partial charge is 0.0428 e. The third-order valence-electron chi connectivity index (χ3n) is 4.88. The van der Waals surface area contributed by atoms with Crippen molar-refractivity contribution in [3.8, 4) is 11.1 Å². The normalized spacial score (nSPS) is 17.6. The number of hydrogen-bond donors (Lipinski definition) is 0. The van der Waals surface area contributed by atoms with Crippen LogP contribution in [0.1, 0.15) is 35.1 Å². The summed E-state index contributed by atoms with van der Waals surface area (Å²) in [5.41, 5.74) is 8.51. The van der Waals surface area contributed by atoms with E-state index in [0.29, 0.717) is 0 Å². The van der Waals surface area contributed by atoms with Gasteiger partial charge in [-0.2, -0.15) is 0 Å². The molecule has 21 heavy (non-hydrogen) atoms. The Balaban J connectivity index is 2.09. The maximum Gasteiger partial charge on any atom is 0.0428 e. The van der Waals surface area contributed by atoms with Gasteiger partial charge in [0.1, 0.15) is 0 Å². The van der Waals surface area contributed by atoms with Gasteiger partial charge in [-0.05, 0) is 48.9 Å². The van der Waals surface area contributed by atoms with Crippen LogP contribution in [0.3, 0.4) is 0 Å². The molecule has 2 aliphatic carbocycles. The SMILES string of the molecule is Cc1ccc2c(c1)C1(C=CCC=CC1)c1cc(C)ccc1-2. The molecule has 4 rings (SSSR count). The maximum absolute atomic E-state index is 2.44. The molecule has 0 atom stereocenters. The molecule has 1 spiro atoms. The fourth-order valence-corrected chi connectivity index (χ4v) is 3.85. The third-order valence-corrected chi connectivity index (χ3v) is 4.88. The van der Waals surface area contributed by atoms with Crippen molar-refractivity contribution < 1.29 is 0 Å². The summed E-state index contributed by atoms with van der Waals surface area (Å²) < 4.78 is 0. The zero-order valence-electron chi connectivity index (χ0n) is 12.7. The largest absolute Gasteiger partial charge is 0.0867 e. The van der Waals surface area contributed by atoms with Crippen LogP contribution in [0, 0.1) is 13.8 Å². The minimum absolute atomic E-state index is 0.0374.